The van der Waals surface area contributed by atoms with E-state index in [1.807, 2.05) is 6.07 Å². The topological polar surface area (TPSA) is 12.5 Å². The smallest absolute Gasteiger partial charge is 0.0751 e. The standard InChI is InChI=1S/C20H22ClNO/c1-20-10-11-22(12-15-6-3-2-4-7-15)13-18(20)16-8-5-9-19(21)17(16)14-23-20/h2-9,18H,10-14H2,1H3/t18-,20-/m0/s1. The second kappa shape index (κ2) is 5.94. The summed E-state index contributed by atoms with van der Waals surface area (Å²) >= 11 is 6.39. The summed E-state index contributed by atoms with van der Waals surface area (Å²) in [5.74, 6) is 0.391. The third-order valence-electron chi connectivity index (χ3n) is 5.43. The van der Waals surface area contributed by atoms with Crippen molar-refractivity contribution < 1.29 is 4.74 Å². The highest BCUT2D eigenvalue weighted by Gasteiger charge is 2.44. The van der Waals surface area contributed by atoms with E-state index in [-0.39, 0.29) is 5.60 Å². The highest BCUT2D eigenvalue weighted by Crippen LogP contribution is 2.45. The van der Waals surface area contributed by atoms with Gasteiger partial charge in [-0.05, 0) is 36.1 Å². The van der Waals surface area contributed by atoms with Crippen LogP contribution >= 0.6 is 11.6 Å². The number of hydrogen-bond acceptors (Lipinski definition) is 2. The minimum atomic E-state index is -0.0646. The van der Waals surface area contributed by atoms with Gasteiger partial charge in [0.25, 0.3) is 0 Å². The Balaban J connectivity index is 1.61. The van der Waals surface area contributed by atoms with Crippen molar-refractivity contribution >= 4 is 11.6 Å². The van der Waals surface area contributed by atoms with Gasteiger partial charge in [-0.3, -0.25) is 4.90 Å². The predicted octanol–water partition coefficient (Wildman–Crippen LogP) is 4.62. The van der Waals surface area contributed by atoms with Crippen LogP contribution in [-0.2, 0) is 17.9 Å². The number of benzene rings is 2. The molecule has 0 bridgehead atoms. The summed E-state index contributed by atoms with van der Waals surface area (Å²) in [6.45, 7) is 6.02. The average molecular weight is 328 g/mol. The van der Waals surface area contributed by atoms with Crippen molar-refractivity contribution in [3.63, 3.8) is 0 Å². The van der Waals surface area contributed by atoms with Crippen molar-refractivity contribution in [3.8, 4) is 0 Å². The molecule has 0 aromatic heterocycles. The molecule has 2 heterocycles. The zero-order chi connectivity index (χ0) is 15.9. The van der Waals surface area contributed by atoms with Crippen LogP contribution in [0.3, 0.4) is 0 Å². The molecule has 0 spiro atoms. The molecule has 2 nitrogen and oxygen atoms in total. The monoisotopic (exact) mass is 327 g/mol. The van der Waals surface area contributed by atoms with Gasteiger partial charge in [-0.1, -0.05) is 54.1 Å². The molecule has 0 amide bonds. The quantitative estimate of drug-likeness (QED) is 0.798. The molecule has 2 atom stereocenters. The lowest BCUT2D eigenvalue weighted by Crippen LogP contribution is -2.51. The Hall–Kier alpha value is -1.35. The summed E-state index contributed by atoms with van der Waals surface area (Å²) < 4.78 is 6.26. The normalized spacial score (nSPS) is 27.3. The van der Waals surface area contributed by atoms with Gasteiger partial charge in [0.2, 0.25) is 0 Å². The molecule has 2 aliphatic heterocycles. The Morgan fingerprint density at radius 3 is 2.83 bits per heavy atom. The molecule has 0 saturated carbocycles. The number of nitrogens with zero attached hydrogens (tertiary/aromatic N) is 1. The maximum atomic E-state index is 6.39. The Kier molecular flexibility index (Phi) is 3.92. The summed E-state index contributed by atoms with van der Waals surface area (Å²) in [5, 5.41) is 0.838. The number of piperidine rings is 1. The van der Waals surface area contributed by atoms with Crippen molar-refractivity contribution in [2.24, 2.45) is 0 Å². The van der Waals surface area contributed by atoms with Crippen molar-refractivity contribution in [3.05, 3.63) is 70.2 Å². The highest BCUT2D eigenvalue weighted by molar-refractivity contribution is 6.31. The van der Waals surface area contributed by atoms with Crippen molar-refractivity contribution in [1.82, 2.24) is 4.90 Å². The number of rotatable bonds is 2. The first-order valence-corrected chi connectivity index (χ1v) is 8.71. The van der Waals surface area contributed by atoms with Crippen LogP contribution in [0.15, 0.2) is 48.5 Å². The molecule has 0 N–H and O–H groups in total. The molecule has 0 unspecified atom stereocenters. The van der Waals surface area contributed by atoms with E-state index in [0.717, 1.165) is 31.1 Å². The van der Waals surface area contributed by atoms with Gasteiger partial charge < -0.3 is 4.74 Å². The third kappa shape index (κ3) is 2.80. The van der Waals surface area contributed by atoms with Crippen LogP contribution in [0.25, 0.3) is 0 Å². The Labute approximate surface area is 143 Å². The molecule has 2 aromatic rings. The first-order chi connectivity index (χ1) is 11.2. The van der Waals surface area contributed by atoms with Gasteiger partial charge in [-0.15, -0.1) is 0 Å². The van der Waals surface area contributed by atoms with Crippen LogP contribution in [0.2, 0.25) is 5.02 Å². The Bertz CT molecular complexity index is 702. The summed E-state index contributed by atoms with van der Waals surface area (Å²) in [7, 11) is 0. The van der Waals surface area contributed by atoms with Crippen molar-refractivity contribution in [1.29, 1.82) is 0 Å². The maximum absolute atomic E-state index is 6.39. The van der Waals surface area contributed by atoms with E-state index in [4.69, 9.17) is 16.3 Å². The zero-order valence-corrected chi connectivity index (χ0v) is 14.2. The first-order valence-electron chi connectivity index (χ1n) is 8.33. The van der Waals surface area contributed by atoms with Gasteiger partial charge in [0, 0.05) is 30.6 Å². The SMILES string of the molecule is C[C@]12CCN(Cc3ccccc3)C[C@H]1c1cccc(Cl)c1CO2. The molecular weight excluding hydrogens is 306 g/mol. The molecule has 1 fully saturated rings. The molecular formula is C20H22ClNO. The second-order valence-electron chi connectivity index (χ2n) is 6.93. The minimum absolute atomic E-state index is 0.0646. The van der Waals surface area contributed by atoms with Crippen LogP contribution < -0.4 is 0 Å². The van der Waals surface area contributed by atoms with Crippen LogP contribution in [0.4, 0.5) is 0 Å². The fourth-order valence-corrected chi connectivity index (χ4v) is 4.21. The first kappa shape index (κ1) is 15.2. The Morgan fingerprint density at radius 1 is 1.17 bits per heavy atom. The van der Waals surface area contributed by atoms with Gasteiger partial charge in [0.1, 0.15) is 0 Å². The van der Waals surface area contributed by atoms with Crippen LogP contribution in [0.5, 0.6) is 0 Å². The van der Waals surface area contributed by atoms with Crippen LogP contribution in [-0.4, -0.2) is 23.6 Å². The summed E-state index contributed by atoms with van der Waals surface area (Å²) in [4.78, 5) is 2.54. The van der Waals surface area contributed by atoms with Crippen LogP contribution in [0, 0.1) is 0 Å². The molecule has 2 aromatic carbocycles. The molecule has 120 valence electrons. The van der Waals surface area contributed by atoms with E-state index in [1.165, 1.54) is 16.7 Å². The van der Waals surface area contributed by atoms with Gasteiger partial charge in [0.05, 0.1) is 12.2 Å². The average Bonchev–Trinajstić information content (AvgIpc) is 2.56. The summed E-state index contributed by atoms with van der Waals surface area (Å²) in [6, 6.07) is 17.0. The molecule has 1 saturated heterocycles. The molecule has 4 rings (SSSR count). The maximum Gasteiger partial charge on any atom is 0.0751 e. The lowest BCUT2D eigenvalue weighted by Gasteiger charge is -2.49. The second-order valence-corrected chi connectivity index (χ2v) is 7.34. The minimum Gasteiger partial charge on any atom is -0.370 e. The highest BCUT2D eigenvalue weighted by atomic mass is 35.5. The Morgan fingerprint density at radius 2 is 2.00 bits per heavy atom. The molecule has 0 aliphatic carbocycles. The lowest BCUT2D eigenvalue weighted by atomic mass is 9.74. The molecule has 3 heteroatoms. The molecule has 2 aliphatic rings. The third-order valence-corrected chi connectivity index (χ3v) is 5.78. The number of fused-ring (bicyclic) bond motifs is 3. The summed E-state index contributed by atoms with van der Waals surface area (Å²) in [6.07, 6.45) is 1.07. The summed E-state index contributed by atoms with van der Waals surface area (Å²) in [5.41, 5.74) is 3.87. The van der Waals surface area contributed by atoms with Gasteiger partial charge in [-0.2, -0.15) is 0 Å². The van der Waals surface area contributed by atoms with E-state index in [0.29, 0.717) is 12.5 Å². The van der Waals surface area contributed by atoms with Crippen LogP contribution in [0.1, 0.15) is 36.0 Å². The van der Waals surface area contributed by atoms with Gasteiger partial charge in [-0.25, -0.2) is 0 Å². The van der Waals surface area contributed by atoms with Gasteiger partial charge >= 0.3 is 0 Å². The fraction of sp³-hybridized carbons (Fsp3) is 0.400. The van der Waals surface area contributed by atoms with E-state index in [9.17, 15) is 0 Å². The zero-order valence-electron chi connectivity index (χ0n) is 13.5. The number of halogens is 1. The van der Waals surface area contributed by atoms with Crippen molar-refractivity contribution in [2.45, 2.75) is 38.0 Å². The van der Waals surface area contributed by atoms with Crippen molar-refractivity contribution in [2.75, 3.05) is 13.1 Å². The predicted molar refractivity (Wildman–Crippen MR) is 93.7 cm³/mol. The number of ether oxygens (including phenoxy) is 1. The van der Waals surface area contributed by atoms with E-state index < -0.39 is 0 Å². The van der Waals surface area contributed by atoms with E-state index in [2.05, 4.69) is 54.3 Å². The fourth-order valence-electron chi connectivity index (χ4n) is 3.97. The largest absolute Gasteiger partial charge is 0.370 e. The molecule has 23 heavy (non-hydrogen) atoms. The number of hydrogen-bond donors (Lipinski definition) is 0. The number of likely N-dealkylation sites (tertiary alicyclic amines) is 1. The molecule has 0 radical (unpaired) electrons. The lowest BCUT2D eigenvalue weighted by molar-refractivity contribution is -0.108. The van der Waals surface area contributed by atoms with Gasteiger partial charge in [0.15, 0.2) is 0 Å². The van der Waals surface area contributed by atoms with E-state index in [1.54, 1.807) is 0 Å². The van der Waals surface area contributed by atoms with E-state index >= 15 is 0 Å².